The molecule has 35 heavy (non-hydrogen) atoms. The number of esters is 1. The number of rotatable bonds is 9. The van der Waals surface area contributed by atoms with Gasteiger partial charge in [0, 0.05) is 14.2 Å². The van der Waals surface area contributed by atoms with Crippen molar-refractivity contribution in [3.05, 3.63) is 65.7 Å². The van der Waals surface area contributed by atoms with Gasteiger partial charge in [-0.1, -0.05) is 58.0 Å². The molecule has 3 rings (SSSR count). The van der Waals surface area contributed by atoms with Gasteiger partial charge in [0.15, 0.2) is 6.10 Å². The Hall–Kier alpha value is -2.49. The van der Waals surface area contributed by atoms with Crippen LogP contribution in [-0.4, -0.2) is 74.1 Å². The maximum absolute atomic E-state index is 12.6. The molecule has 2 aromatic carbocycles. The minimum absolute atomic E-state index is 0.164. The average molecular weight is 493 g/mol. The van der Waals surface area contributed by atoms with Crippen molar-refractivity contribution >= 4 is 5.97 Å². The molecule has 1 heterocycles. The van der Waals surface area contributed by atoms with Gasteiger partial charge in [-0.25, -0.2) is 4.79 Å². The first kappa shape index (κ1) is 30.5. The summed E-state index contributed by atoms with van der Waals surface area (Å²) in [6, 6.07) is 16.2. The third kappa shape index (κ3) is 8.91. The van der Waals surface area contributed by atoms with E-state index in [-0.39, 0.29) is 12.2 Å². The quantitative estimate of drug-likeness (QED) is 0.512. The normalized spacial score (nSPS) is 23.1. The molecule has 2 N–H and O–H groups in total. The number of hydrogen-bond acceptors (Lipinski definition) is 8. The first-order chi connectivity index (χ1) is 17.1. The molecule has 0 aliphatic carbocycles. The molecule has 5 atom stereocenters. The van der Waals surface area contributed by atoms with Gasteiger partial charge < -0.3 is 33.9 Å². The van der Waals surface area contributed by atoms with Crippen molar-refractivity contribution in [3.8, 4) is 5.75 Å². The zero-order valence-corrected chi connectivity index (χ0v) is 21.5. The van der Waals surface area contributed by atoms with Crippen molar-refractivity contribution < 1.29 is 38.7 Å². The van der Waals surface area contributed by atoms with Crippen molar-refractivity contribution in [2.45, 2.75) is 64.8 Å². The van der Waals surface area contributed by atoms with Crippen LogP contribution in [0.2, 0.25) is 0 Å². The van der Waals surface area contributed by atoms with Crippen molar-refractivity contribution in [2.24, 2.45) is 0 Å². The van der Waals surface area contributed by atoms with Gasteiger partial charge in [-0.3, -0.25) is 0 Å². The van der Waals surface area contributed by atoms with Crippen LogP contribution in [0.4, 0.5) is 0 Å². The molecule has 8 heteroatoms. The van der Waals surface area contributed by atoms with Crippen LogP contribution in [0.15, 0.2) is 54.6 Å². The molecule has 2 aromatic rings. The molecule has 0 amide bonds. The molecule has 1 saturated heterocycles. The zero-order valence-electron chi connectivity index (χ0n) is 21.5. The molecule has 1 aliphatic heterocycles. The van der Waals surface area contributed by atoms with Gasteiger partial charge >= 0.3 is 5.97 Å². The lowest BCUT2D eigenvalue weighted by Gasteiger charge is -2.42. The molecule has 0 bridgehead atoms. The number of aliphatic hydroxyl groups excluding tert-OH is 2. The molecule has 0 aromatic heterocycles. The largest absolute Gasteiger partial charge is 0.489 e. The Morgan fingerprint density at radius 2 is 1.54 bits per heavy atom. The summed E-state index contributed by atoms with van der Waals surface area (Å²) >= 11 is 0. The highest BCUT2D eigenvalue weighted by Crippen LogP contribution is 2.27. The minimum Gasteiger partial charge on any atom is -0.489 e. The predicted molar refractivity (Wildman–Crippen MR) is 134 cm³/mol. The molecule has 0 radical (unpaired) electrons. The Labute approximate surface area is 208 Å². The summed E-state index contributed by atoms with van der Waals surface area (Å²) in [4.78, 5) is 12.6. The maximum atomic E-state index is 12.6. The second kappa shape index (κ2) is 17.0. The number of aliphatic hydroxyl groups is 2. The first-order valence-corrected chi connectivity index (χ1v) is 12.0. The van der Waals surface area contributed by atoms with Gasteiger partial charge in [-0.2, -0.15) is 0 Å². The van der Waals surface area contributed by atoms with E-state index < -0.39 is 43.1 Å². The van der Waals surface area contributed by atoms with Crippen LogP contribution in [-0.2, 0) is 25.6 Å². The predicted octanol–water partition coefficient (Wildman–Crippen LogP) is 3.63. The van der Waals surface area contributed by atoms with Gasteiger partial charge in [0.1, 0.15) is 36.8 Å². The molecule has 1 aliphatic rings. The number of methoxy groups -OCH3 is 2. The van der Waals surface area contributed by atoms with Crippen LogP contribution in [0.5, 0.6) is 5.75 Å². The molecular formula is C27H40O8. The van der Waals surface area contributed by atoms with E-state index in [1.165, 1.54) is 14.2 Å². The molecule has 1 fully saturated rings. The summed E-state index contributed by atoms with van der Waals surface area (Å²) in [5, 5.41) is 20.3. The number of ether oxygens (including phenoxy) is 5. The highest BCUT2D eigenvalue weighted by atomic mass is 16.6. The minimum atomic E-state index is -1.19. The van der Waals surface area contributed by atoms with E-state index >= 15 is 0 Å². The SMILES string of the molecule is CC.CC.COCC1O[C@H](CO)[C@@H](OC(=O)c2ccc(OCc3ccccc3)cc2)[C@H](O)[C@H]1OC. The summed E-state index contributed by atoms with van der Waals surface area (Å²) in [6.07, 6.45) is -4.55. The van der Waals surface area contributed by atoms with Crippen molar-refractivity contribution in [1.29, 1.82) is 0 Å². The van der Waals surface area contributed by atoms with E-state index in [0.29, 0.717) is 12.4 Å². The third-order valence-electron chi connectivity index (χ3n) is 5.12. The number of carbonyl (C=O) groups excluding carboxylic acids is 1. The molecule has 1 unspecified atom stereocenters. The van der Waals surface area contributed by atoms with Crippen molar-refractivity contribution in [1.82, 2.24) is 0 Å². The van der Waals surface area contributed by atoms with Gasteiger partial charge in [0.05, 0.1) is 18.8 Å². The zero-order chi connectivity index (χ0) is 26.2. The molecule has 8 nitrogen and oxygen atoms in total. The van der Waals surface area contributed by atoms with Crippen LogP contribution < -0.4 is 4.74 Å². The number of benzene rings is 2. The van der Waals surface area contributed by atoms with E-state index in [4.69, 9.17) is 23.7 Å². The fraction of sp³-hybridized carbons (Fsp3) is 0.519. The van der Waals surface area contributed by atoms with Crippen LogP contribution >= 0.6 is 0 Å². The average Bonchev–Trinajstić information content (AvgIpc) is 2.92. The first-order valence-electron chi connectivity index (χ1n) is 12.0. The topological polar surface area (TPSA) is 104 Å². The fourth-order valence-electron chi connectivity index (χ4n) is 3.51. The Morgan fingerprint density at radius 1 is 0.914 bits per heavy atom. The van der Waals surface area contributed by atoms with Crippen LogP contribution in [0.3, 0.4) is 0 Å². The maximum Gasteiger partial charge on any atom is 0.338 e. The Kier molecular flexibility index (Phi) is 14.9. The Balaban J connectivity index is 0.00000145. The van der Waals surface area contributed by atoms with E-state index in [1.807, 2.05) is 58.0 Å². The number of hydrogen-bond donors (Lipinski definition) is 2. The van der Waals surface area contributed by atoms with E-state index in [1.54, 1.807) is 24.3 Å². The van der Waals surface area contributed by atoms with Gasteiger partial charge in [0.2, 0.25) is 0 Å². The summed E-state index contributed by atoms with van der Waals surface area (Å²) in [6.45, 7) is 8.14. The van der Waals surface area contributed by atoms with Gasteiger partial charge in [-0.05, 0) is 29.8 Å². The lowest BCUT2D eigenvalue weighted by Crippen LogP contribution is -2.61. The fourth-order valence-corrected chi connectivity index (χ4v) is 3.51. The highest BCUT2D eigenvalue weighted by Gasteiger charge is 2.47. The lowest BCUT2D eigenvalue weighted by atomic mass is 9.95. The smallest absolute Gasteiger partial charge is 0.338 e. The Morgan fingerprint density at radius 3 is 2.09 bits per heavy atom. The summed E-state index contributed by atoms with van der Waals surface area (Å²) in [7, 11) is 2.92. The molecule has 196 valence electrons. The van der Waals surface area contributed by atoms with Crippen LogP contribution in [0, 0.1) is 0 Å². The van der Waals surface area contributed by atoms with E-state index in [9.17, 15) is 15.0 Å². The van der Waals surface area contributed by atoms with Gasteiger partial charge in [-0.15, -0.1) is 0 Å². The summed E-state index contributed by atoms with van der Waals surface area (Å²) < 4.78 is 27.3. The van der Waals surface area contributed by atoms with Crippen LogP contribution in [0.1, 0.15) is 43.6 Å². The van der Waals surface area contributed by atoms with Gasteiger partial charge in [0.25, 0.3) is 0 Å². The van der Waals surface area contributed by atoms with Crippen LogP contribution in [0.25, 0.3) is 0 Å². The Bertz CT molecular complexity index is 812. The van der Waals surface area contributed by atoms with E-state index in [2.05, 4.69) is 0 Å². The molecule has 0 saturated carbocycles. The van der Waals surface area contributed by atoms with Crippen molar-refractivity contribution in [2.75, 3.05) is 27.4 Å². The lowest BCUT2D eigenvalue weighted by molar-refractivity contribution is -0.243. The molecule has 0 spiro atoms. The monoisotopic (exact) mass is 492 g/mol. The third-order valence-corrected chi connectivity index (χ3v) is 5.12. The standard InChI is InChI=1S/C23H28O8.2C2H6/c1-27-14-19-21(28-2)20(25)22(18(12-24)30-19)31-23(26)16-8-10-17(11-9-16)29-13-15-6-4-3-5-7-15;2*1-2/h3-11,18-22,24-25H,12-14H2,1-2H3;2*1-2H3/t18-,19?,20-,21+,22-;;/m1../s1. The van der Waals surface area contributed by atoms with Crippen molar-refractivity contribution in [3.63, 3.8) is 0 Å². The highest BCUT2D eigenvalue weighted by molar-refractivity contribution is 5.89. The summed E-state index contributed by atoms with van der Waals surface area (Å²) in [5.41, 5.74) is 1.32. The van der Waals surface area contributed by atoms with E-state index in [0.717, 1.165) is 5.56 Å². The second-order valence-electron chi connectivity index (χ2n) is 7.21. The second-order valence-corrected chi connectivity index (χ2v) is 7.21. The molecular weight excluding hydrogens is 452 g/mol. The number of carbonyl (C=O) groups is 1. The summed E-state index contributed by atoms with van der Waals surface area (Å²) in [5.74, 6) is -0.0442.